The number of amides is 3. The number of hydrogen-bond acceptors (Lipinski definition) is 6. The van der Waals surface area contributed by atoms with Crippen molar-refractivity contribution in [3.63, 3.8) is 0 Å². The first-order valence-electron chi connectivity index (χ1n) is 10.9. The highest BCUT2D eigenvalue weighted by atomic mass is 32.2. The van der Waals surface area contributed by atoms with Crippen molar-refractivity contribution < 1.29 is 23.9 Å². The third-order valence-electron chi connectivity index (χ3n) is 6.08. The van der Waals surface area contributed by atoms with Gasteiger partial charge in [0.05, 0.1) is 31.3 Å². The van der Waals surface area contributed by atoms with Gasteiger partial charge in [-0.05, 0) is 42.5 Å². The number of para-hydroxylation sites is 3. The number of methoxy groups -OCH3 is 2. The molecule has 1 spiro atoms. The van der Waals surface area contributed by atoms with E-state index in [2.05, 4.69) is 5.32 Å². The lowest BCUT2D eigenvalue weighted by molar-refractivity contribution is -0.124. The molecule has 0 bridgehead atoms. The zero-order valence-corrected chi connectivity index (χ0v) is 20.0. The van der Waals surface area contributed by atoms with E-state index in [1.807, 2.05) is 18.2 Å². The molecular weight excluding hydrogens is 466 g/mol. The highest BCUT2D eigenvalue weighted by Crippen LogP contribution is 2.55. The Morgan fingerprint density at radius 2 is 1.69 bits per heavy atom. The van der Waals surface area contributed by atoms with E-state index in [9.17, 15) is 14.4 Å². The Kier molecular flexibility index (Phi) is 5.86. The SMILES string of the molecule is COc1ccc(N2C(=O)CSC23C(=O)N(CC(=O)Nc2ccccc2OC)c2ccccc23)cc1. The molecule has 2 heterocycles. The molecule has 35 heavy (non-hydrogen) atoms. The van der Waals surface area contributed by atoms with Crippen molar-refractivity contribution in [1.82, 2.24) is 0 Å². The molecule has 0 aromatic heterocycles. The number of rotatable bonds is 6. The summed E-state index contributed by atoms with van der Waals surface area (Å²) in [6.07, 6.45) is 0. The van der Waals surface area contributed by atoms with Crippen LogP contribution in [0.4, 0.5) is 17.1 Å². The topological polar surface area (TPSA) is 88.2 Å². The van der Waals surface area contributed by atoms with E-state index in [1.165, 1.54) is 28.7 Å². The fraction of sp³-hybridized carbons (Fsp3) is 0.192. The van der Waals surface area contributed by atoms with Crippen LogP contribution in [-0.4, -0.2) is 44.2 Å². The number of benzene rings is 3. The van der Waals surface area contributed by atoms with Crippen LogP contribution >= 0.6 is 11.8 Å². The molecule has 3 amide bonds. The minimum Gasteiger partial charge on any atom is -0.497 e. The second-order valence-corrected chi connectivity index (χ2v) is 9.18. The number of nitrogens with one attached hydrogen (secondary N) is 1. The van der Waals surface area contributed by atoms with Crippen LogP contribution < -0.4 is 24.6 Å². The van der Waals surface area contributed by atoms with Gasteiger partial charge >= 0.3 is 0 Å². The molecular formula is C26H23N3O5S. The predicted molar refractivity (Wildman–Crippen MR) is 135 cm³/mol. The van der Waals surface area contributed by atoms with Gasteiger partial charge in [-0.3, -0.25) is 24.2 Å². The van der Waals surface area contributed by atoms with Crippen LogP contribution in [0, 0.1) is 0 Å². The normalized spacial score (nSPS) is 18.7. The molecule has 178 valence electrons. The van der Waals surface area contributed by atoms with E-state index in [1.54, 1.807) is 61.7 Å². The van der Waals surface area contributed by atoms with Crippen LogP contribution in [0.25, 0.3) is 0 Å². The average Bonchev–Trinajstić information content (AvgIpc) is 3.35. The van der Waals surface area contributed by atoms with Gasteiger partial charge in [-0.15, -0.1) is 11.8 Å². The zero-order chi connectivity index (χ0) is 24.6. The van der Waals surface area contributed by atoms with E-state index in [4.69, 9.17) is 9.47 Å². The molecule has 1 atom stereocenters. The first-order valence-corrected chi connectivity index (χ1v) is 11.9. The van der Waals surface area contributed by atoms with Crippen LogP contribution in [0.5, 0.6) is 11.5 Å². The quantitative estimate of drug-likeness (QED) is 0.569. The number of carbonyl (C=O) groups excluding carboxylic acids is 3. The Morgan fingerprint density at radius 1 is 0.971 bits per heavy atom. The van der Waals surface area contributed by atoms with Crippen molar-refractivity contribution in [2.24, 2.45) is 0 Å². The summed E-state index contributed by atoms with van der Waals surface area (Å²) >= 11 is 1.27. The van der Waals surface area contributed by atoms with E-state index >= 15 is 0 Å². The zero-order valence-electron chi connectivity index (χ0n) is 19.2. The van der Waals surface area contributed by atoms with Gasteiger partial charge in [0.1, 0.15) is 18.0 Å². The Balaban J connectivity index is 1.50. The summed E-state index contributed by atoms with van der Waals surface area (Å²) in [6, 6.07) is 21.4. The van der Waals surface area contributed by atoms with Crippen LogP contribution in [0.3, 0.4) is 0 Å². The van der Waals surface area contributed by atoms with Crippen LogP contribution in [-0.2, 0) is 19.3 Å². The van der Waals surface area contributed by atoms with E-state index in [0.717, 1.165) is 0 Å². The van der Waals surface area contributed by atoms with E-state index in [-0.39, 0.29) is 30.0 Å². The molecule has 1 saturated heterocycles. The molecule has 5 rings (SSSR count). The molecule has 2 aliphatic rings. The summed E-state index contributed by atoms with van der Waals surface area (Å²) in [7, 11) is 3.09. The maximum absolute atomic E-state index is 14.0. The van der Waals surface area contributed by atoms with Crippen LogP contribution in [0.15, 0.2) is 72.8 Å². The number of fused-ring (bicyclic) bond motifs is 2. The summed E-state index contributed by atoms with van der Waals surface area (Å²) < 4.78 is 10.6. The molecule has 3 aromatic carbocycles. The molecule has 1 N–H and O–H groups in total. The molecule has 1 unspecified atom stereocenters. The molecule has 0 aliphatic carbocycles. The van der Waals surface area contributed by atoms with Gasteiger partial charge in [-0.1, -0.05) is 30.3 Å². The number of thioether (sulfide) groups is 1. The summed E-state index contributed by atoms with van der Waals surface area (Å²) in [5, 5.41) is 2.82. The van der Waals surface area contributed by atoms with Gasteiger partial charge in [0, 0.05) is 11.3 Å². The van der Waals surface area contributed by atoms with Crippen molar-refractivity contribution in [3.8, 4) is 11.5 Å². The predicted octanol–water partition coefficient (Wildman–Crippen LogP) is 3.62. The van der Waals surface area contributed by atoms with Crippen molar-refractivity contribution in [2.45, 2.75) is 4.87 Å². The number of anilines is 3. The van der Waals surface area contributed by atoms with Gasteiger partial charge < -0.3 is 14.8 Å². The fourth-order valence-electron chi connectivity index (χ4n) is 4.52. The van der Waals surface area contributed by atoms with Gasteiger partial charge in [-0.2, -0.15) is 0 Å². The number of nitrogens with zero attached hydrogens (tertiary/aromatic N) is 2. The van der Waals surface area contributed by atoms with Gasteiger partial charge in [-0.25, -0.2) is 0 Å². The number of ether oxygens (including phenoxy) is 2. The highest BCUT2D eigenvalue weighted by Gasteiger charge is 2.61. The second-order valence-electron chi connectivity index (χ2n) is 8.02. The number of carbonyl (C=O) groups is 3. The minimum atomic E-state index is -1.28. The maximum Gasteiger partial charge on any atom is 0.269 e. The molecule has 0 radical (unpaired) electrons. The average molecular weight is 490 g/mol. The summed E-state index contributed by atoms with van der Waals surface area (Å²) in [4.78, 5) is 41.8. The van der Waals surface area contributed by atoms with E-state index < -0.39 is 4.87 Å². The third kappa shape index (κ3) is 3.68. The fourth-order valence-corrected chi connectivity index (χ4v) is 5.88. The maximum atomic E-state index is 14.0. The minimum absolute atomic E-state index is 0.146. The van der Waals surface area contributed by atoms with Gasteiger partial charge in [0.25, 0.3) is 5.91 Å². The lowest BCUT2D eigenvalue weighted by Crippen LogP contribution is -2.50. The lowest BCUT2D eigenvalue weighted by Gasteiger charge is -2.33. The monoisotopic (exact) mass is 489 g/mol. The Labute approximate surface area is 206 Å². The first-order chi connectivity index (χ1) is 17.0. The number of hydrogen-bond donors (Lipinski definition) is 1. The van der Waals surface area contributed by atoms with Crippen LogP contribution in [0.2, 0.25) is 0 Å². The second kappa shape index (κ2) is 8.99. The smallest absolute Gasteiger partial charge is 0.269 e. The molecule has 0 saturated carbocycles. The largest absolute Gasteiger partial charge is 0.497 e. The summed E-state index contributed by atoms with van der Waals surface area (Å²) in [5.41, 5.74) is 2.39. The van der Waals surface area contributed by atoms with E-state index in [0.29, 0.717) is 34.1 Å². The van der Waals surface area contributed by atoms with Gasteiger partial charge in [0.15, 0.2) is 0 Å². The summed E-state index contributed by atoms with van der Waals surface area (Å²) in [6.45, 7) is -0.207. The van der Waals surface area contributed by atoms with Crippen molar-refractivity contribution in [1.29, 1.82) is 0 Å². The lowest BCUT2D eigenvalue weighted by atomic mass is 10.0. The summed E-state index contributed by atoms with van der Waals surface area (Å²) in [5.74, 6) is 0.431. The Hall–Kier alpha value is -3.98. The first kappa shape index (κ1) is 22.8. The highest BCUT2D eigenvalue weighted by molar-refractivity contribution is 8.02. The van der Waals surface area contributed by atoms with Crippen molar-refractivity contribution in [3.05, 3.63) is 78.4 Å². The standard InChI is InChI=1S/C26H23N3O5S/c1-33-18-13-11-17(12-14-18)29-24(31)16-35-26(29)19-7-3-5-9-21(19)28(25(26)32)15-23(30)27-20-8-4-6-10-22(20)34-2/h3-14H,15-16H2,1-2H3,(H,27,30). The third-order valence-corrected chi connectivity index (χ3v) is 7.46. The molecule has 9 heteroatoms. The molecule has 1 fully saturated rings. The van der Waals surface area contributed by atoms with Gasteiger partial charge in [0.2, 0.25) is 16.7 Å². The molecule has 2 aliphatic heterocycles. The van der Waals surface area contributed by atoms with Crippen LogP contribution in [0.1, 0.15) is 5.56 Å². The Morgan fingerprint density at radius 3 is 2.43 bits per heavy atom. The molecule has 3 aromatic rings. The van der Waals surface area contributed by atoms with Crippen molar-refractivity contribution >= 4 is 46.5 Å². The molecule has 8 nitrogen and oxygen atoms in total. The Bertz CT molecular complexity index is 1310. The van der Waals surface area contributed by atoms with Crippen molar-refractivity contribution in [2.75, 3.05) is 41.6 Å².